The topological polar surface area (TPSA) is 82.2 Å². The van der Waals surface area contributed by atoms with Crippen LogP contribution in [0.1, 0.15) is 5.56 Å². The van der Waals surface area contributed by atoms with Crippen molar-refractivity contribution in [1.82, 2.24) is 33.2 Å². The van der Waals surface area contributed by atoms with Crippen LogP contribution in [0.15, 0.2) is 303 Å². The second-order valence-corrected chi connectivity index (χ2v) is 23.0. The quantitative estimate of drug-likeness (QED) is 0.144. The molecule has 8 nitrogen and oxygen atoms in total. The zero-order chi connectivity index (χ0) is 59.4. The van der Waals surface area contributed by atoms with Crippen LogP contribution in [0.2, 0.25) is 0 Å². The van der Waals surface area contributed by atoms with Gasteiger partial charge in [-0.3, -0.25) is 0 Å². The third-order valence-corrected chi connectivity index (χ3v) is 18.1. The molecule has 13 aromatic carbocycles. The zero-order valence-corrected chi connectivity index (χ0v) is 48.4. The first-order valence-corrected chi connectivity index (χ1v) is 30.3. The van der Waals surface area contributed by atoms with E-state index in [1.54, 1.807) is 0 Å². The summed E-state index contributed by atoms with van der Waals surface area (Å²) in [5.74, 6) is 1.65. The van der Waals surface area contributed by atoms with Crippen molar-refractivity contribution in [3.8, 4) is 85.2 Å². The van der Waals surface area contributed by atoms with E-state index >= 15 is 0 Å². The molecule has 0 saturated heterocycles. The first kappa shape index (κ1) is 50.8. The minimum absolute atomic E-state index is 0.523. The summed E-state index contributed by atoms with van der Waals surface area (Å²) in [5.41, 5.74) is 19.7. The minimum atomic E-state index is 0.523. The van der Waals surface area contributed by atoms with Gasteiger partial charge in [0.2, 0.25) is 0 Å². The summed E-state index contributed by atoms with van der Waals surface area (Å²) in [6.45, 7) is 0. The molecule has 18 rings (SSSR count). The lowest BCUT2D eigenvalue weighted by Crippen LogP contribution is -2.04. The zero-order valence-electron chi connectivity index (χ0n) is 48.4. The Hall–Kier alpha value is -12.4. The van der Waals surface area contributed by atoms with Crippen LogP contribution in [0.5, 0.6) is 0 Å². The summed E-state index contributed by atoms with van der Waals surface area (Å²) < 4.78 is 9.58. The molecule has 0 amide bonds. The van der Waals surface area contributed by atoms with Crippen LogP contribution in [0.25, 0.3) is 166 Å². The normalized spacial score (nSPS) is 11.8. The van der Waals surface area contributed by atoms with Gasteiger partial charge in [0.15, 0.2) is 17.5 Å². The second kappa shape index (κ2) is 20.3. The predicted molar refractivity (Wildman–Crippen MR) is 369 cm³/mol. The molecule has 0 unspecified atom stereocenters. The van der Waals surface area contributed by atoms with Crippen molar-refractivity contribution in [2.45, 2.75) is 0 Å². The second-order valence-electron chi connectivity index (χ2n) is 23.0. The molecule has 0 spiro atoms. The summed E-state index contributed by atoms with van der Waals surface area (Å²) in [5, 5.41) is 20.0. The van der Waals surface area contributed by atoms with E-state index in [4.69, 9.17) is 15.0 Å². The molecule has 18 aromatic rings. The number of nitrogens with zero attached hydrogens (tertiary/aromatic N) is 8. The van der Waals surface area contributed by atoms with Crippen molar-refractivity contribution in [3.05, 3.63) is 309 Å². The lowest BCUT2D eigenvalue weighted by Gasteiger charge is -2.19. The Labute approximate surface area is 516 Å². The SMILES string of the molecule is N#Cc1ccccc1-c1ccc(-n2c3ccccc3c3cc(-n4c5ccccc5c5ccccc54)ccc32)c(-c2ccc(-n3c4ccccc4c4cc(-n5c6ccccc6c6ccccc65)ccc43)c(-c3nc(-c4ccccc4)nc(-c4ccccc4)n3)c2)c1. The van der Waals surface area contributed by atoms with Gasteiger partial charge in [0.25, 0.3) is 0 Å². The van der Waals surface area contributed by atoms with Crippen molar-refractivity contribution in [3.63, 3.8) is 0 Å². The Morgan fingerprint density at radius 3 is 1.01 bits per heavy atom. The molecule has 0 radical (unpaired) electrons. The van der Waals surface area contributed by atoms with Crippen molar-refractivity contribution in [2.24, 2.45) is 0 Å². The highest BCUT2D eigenvalue weighted by Gasteiger charge is 2.25. The number of aromatic nitrogens is 7. The maximum absolute atomic E-state index is 10.6. The Balaban J connectivity index is 0.910. The average Bonchev–Trinajstić information content (AvgIpc) is 1.63. The standard InChI is InChI=1S/C82H50N8/c83-51-56-25-7-8-26-59(56)54-39-43-76(89-74-37-19-13-31-64(74)67-49-57(41-45-77(67)89)87-70-33-15-9-27-60(70)61-28-10-16-34-71(61)87)66(47-54)55-40-44-79(69(48-55)82-85-80(52-21-3-1-4-22-52)84-81(86-82)53-23-5-2-6-24-53)90-75-38-20-14-32-65(75)68-50-58(42-46-78(68)90)88-72-35-17-11-29-62(72)63-30-12-18-36-73(63)88/h1-50H. The lowest BCUT2D eigenvalue weighted by molar-refractivity contribution is 1.06. The van der Waals surface area contributed by atoms with Crippen molar-refractivity contribution in [1.29, 1.82) is 5.26 Å². The van der Waals surface area contributed by atoms with Gasteiger partial charge in [-0.2, -0.15) is 5.26 Å². The van der Waals surface area contributed by atoms with Crippen LogP contribution in [0.4, 0.5) is 0 Å². The highest BCUT2D eigenvalue weighted by Crippen LogP contribution is 2.45. The number of hydrogen-bond donors (Lipinski definition) is 0. The molecular formula is C82H50N8. The van der Waals surface area contributed by atoms with Gasteiger partial charge >= 0.3 is 0 Å². The van der Waals surface area contributed by atoms with Crippen molar-refractivity contribution >= 4 is 87.2 Å². The van der Waals surface area contributed by atoms with Gasteiger partial charge in [0, 0.05) is 76.7 Å². The third-order valence-electron chi connectivity index (χ3n) is 18.1. The van der Waals surface area contributed by atoms with Gasteiger partial charge in [0.05, 0.1) is 67.1 Å². The first-order chi connectivity index (χ1) is 44.6. The van der Waals surface area contributed by atoms with Crippen LogP contribution in [-0.2, 0) is 0 Å². The molecule has 0 fully saturated rings. The molecular weight excluding hydrogens is 1100 g/mol. The van der Waals surface area contributed by atoms with Gasteiger partial charge in [0.1, 0.15) is 0 Å². The van der Waals surface area contributed by atoms with E-state index < -0.39 is 0 Å². The molecule has 5 heterocycles. The Morgan fingerprint density at radius 2 is 0.567 bits per heavy atom. The van der Waals surface area contributed by atoms with E-state index in [0.717, 1.165) is 127 Å². The van der Waals surface area contributed by atoms with Gasteiger partial charge in [-0.05, 0) is 120 Å². The summed E-state index contributed by atoms with van der Waals surface area (Å²) in [6, 6.07) is 110. The third kappa shape index (κ3) is 7.90. The van der Waals surface area contributed by atoms with E-state index in [1.165, 1.54) is 21.5 Å². The van der Waals surface area contributed by atoms with E-state index in [2.05, 4.69) is 267 Å². The van der Waals surface area contributed by atoms with Gasteiger partial charge in [-0.15, -0.1) is 0 Å². The highest BCUT2D eigenvalue weighted by molar-refractivity contribution is 6.15. The van der Waals surface area contributed by atoms with Gasteiger partial charge in [-0.25, -0.2) is 15.0 Å². The van der Waals surface area contributed by atoms with E-state index in [9.17, 15) is 5.26 Å². The van der Waals surface area contributed by atoms with Gasteiger partial charge < -0.3 is 18.3 Å². The number of fused-ring (bicyclic) bond motifs is 12. The van der Waals surface area contributed by atoms with E-state index in [0.29, 0.717) is 23.0 Å². The highest BCUT2D eigenvalue weighted by atomic mass is 15.1. The Bertz CT molecular complexity index is 5830. The lowest BCUT2D eigenvalue weighted by atomic mass is 9.93. The molecule has 0 aliphatic carbocycles. The number of rotatable bonds is 9. The van der Waals surface area contributed by atoms with E-state index in [1.807, 2.05) is 60.7 Å². The molecule has 0 N–H and O–H groups in total. The smallest absolute Gasteiger partial charge is 0.166 e. The largest absolute Gasteiger partial charge is 0.309 e. The molecule has 0 aliphatic heterocycles. The molecule has 0 bridgehead atoms. The molecule has 90 heavy (non-hydrogen) atoms. The van der Waals surface area contributed by atoms with Gasteiger partial charge in [-0.1, -0.05) is 200 Å². The fourth-order valence-corrected chi connectivity index (χ4v) is 14.1. The molecule has 5 aromatic heterocycles. The molecule has 0 saturated carbocycles. The predicted octanol–water partition coefficient (Wildman–Crippen LogP) is 20.5. The molecule has 418 valence electrons. The van der Waals surface area contributed by atoms with Crippen molar-refractivity contribution < 1.29 is 0 Å². The molecule has 8 heteroatoms. The molecule has 0 atom stereocenters. The fraction of sp³-hybridized carbons (Fsp3) is 0. The van der Waals surface area contributed by atoms with Crippen LogP contribution >= 0.6 is 0 Å². The number of para-hydroxylation sites is 6. The minimum Gasteiger partial charge on any atom is -0.309 e. The maximum Gasteiger partial charge on any atom is 0.166 e. The Kier molecular flexibility index (Phi) is 11.5. The summed E-state index contributed by atoms with van der Waals surface area (Å²) >= 11 is 0. The van der Waals surface area contributed by atoms with E-state index in [-0.39, 0.29) is 0 Å². The summed E-state index contributed by atoms with van der Waals surface area (Å²) in [4.78, 5) is 16.2. The van der Waals surface area contributed by atoms with Crippen molar-refractivity contribution in [2.75, 3.05) is 0 Å². The van der Waals surface area contributed by atoms with Crippen LogP contribution in [0.3, 0.4) is 0 Å². The summed E-state index contributed by atoms with van der Waals surface area (Å²) in [7, 11) is 0. The number of nitriles is 1. The fourth-order valence-electron chi connectivity index (χ4n) is 14.1. The maximum atomic E-state index is 10.6. The number of benzene rings is 13. The first-order valence-electron chi connectivity index (χ1n) is 30.3. The summed E-state index contributed by atoms with van der Waals surface area (Å²) in [6.07, 6.45) is 0. The Morgan fingerprint density at radius 1 is 0.233 bits per heavy atom. The van der Waals surface area contributed by atoms with Crippen LogP contribution < -0.4 is 0 Å². The molecule has 0 aliphatic rings. The van der Waals surface area contributed by atoms with Crippen LogP contribution in [-0.4, -0.2) is 33.2 Å². The average molecular weight is 1150 g/mol. The van der Waals surface area contributed by atoms with Crippen LogP contribution in [0, 0.1) is 11.3 Å². The number of hydrogen-bond acceptors (Lipinski definition) is 4. The monoisotopic (exact) mass is 1150 g/mol.